The van der Waals surface area contributed by atoms with Crippen LogP contribution in [0.25, 0.3) is 27.3 Å². The number of carbonyl (C=O) groups is 1. The first kappa shape index (κ1) is 21.1. The highest BCUT2D eigenvalue weighted by Crippen LogP contribution is 2.35. The zero-order chi connectivity index (χ0) is 22.9. The molecule has 3 aromatic carbocycles. The van der Waals surface area contributed by atoms with Gasteiger partial charge in [0.2, 0.25) is 5.91 Å². The number of hydrogen-bond acceptors (Lipinski definition) is 6. The number of nitrogens with one attached hydrogen (secondary N) is 1. The lowest BCUT2D eigenvalue weighted by molar-refractivity contribution is -0.113. The Morgan fingerprint density at radius 3 is 2.55 bits per heavy atom. The van der Waals surface area contributed by atoms with Gasteiger partial charge in [0, 0.05) is 22.5 Å². The van der Waals surface area contributed by atoms with Gasteiger partial charge in [0.1, 0.15) is 0 Å². The number of pyridine rings is 1. The Kier molecular flexibility index (Phi) is 5.51. The van der Waals surface area contributed by atoms with E-state index in [0.717, 1.165) is 38.6 Å². The third-order valence-electron chi connectivity index (χ3n) is 5.53. The van der Waals surface area contributed by atoms with Crippen molar-refractivity contribution in [2.24, 2.45) is 0 Å². The zero-order valence-corrected chi connectivity index (χ0v) is 19.3. The molecule has 1 N–H and O–H groups in total. The third-order valence-corrected chi connectivity index (χ3v) is 6.46. The summed E-state index contributed by atoms with van der Waals surface area (Å²) in [7, 11) is 3.22. The molecule has 2 heterocycles. The van der Waals surface area contributed by atoms with Crippen LogP contribution in [0.15, 0.2) is 65.8 Å². The second-order valence-corrected chi connectivity index (χ2v) is 8.54. The number of hydrogen-bond donors (Lipinski definition) is 1. The van der Waals surface area contributed by atoms with Crippen molar-refractivity contribution >= 4 is 50.7 Å². The fourth-order valence-electron chi connectivity index (χ4n) is 3.98. The molecule has 0 bridgehead atoms. The van der Waals surface area contributed by atoms with Crippen LogP contribution in [0.5, 0.6) is 11.5 Å². The van der Waals surface area contributed by atoms with Crippen molar-refractivity contribution in [1.29, 1.82) is 0 Å². The molecule has 0 fully saturated rings. The molecule has 166 valence electrons. The maximum absolute atomic E-state index is 12.8. The molecule has 0 atom stereocenters. The van der Waals surface area contributed by atoms with E-state index in [-0.39, 0.29) is 11.7 Å². The highest BCUT2D eigenvalue weighted by atomic mass is 32.2. The van der Waals surface area contributed by atoms with Crippen molar-refractivity contribution in [2.45, 2.75) is 12.1 Å². The van der Waals surface area contributed by atoms with Crippen molar-refractivity contribution in [3.63, 3.8) is 0 Å². The fourth-order valence-corrected chi connectivity index (χ4v) is 4.72. The average Bonchev–Trinajstić information content (AvgIpc) is 3.27. The van der Waals surface area contributed by atoms with Gasteiger partial charge >= 0.3 is 0 Å². The Morgan fingerprint density at radius 1 is 0.970 bits per heavy atom. The average molecular weight is 459 g/mol. The van der Waals surface area contributed by atoms with Gasteiger partial charge in [-0.1, -0.05) is 48.2 Å². The molecule has 1 amide bonds. The van der Waals surface area contributed by atoms with Crippen molar-refractivity contribution < 1.29 is 14.3 Å². The van der Waals surface area contributed by atoms with Crippen molar-refractivity contribution in [3.05, 3.63) is 66.2 Å². The molecular weight excluding hydrogens is 436 g/mol. The molecule has 33 heavy (non-hydrogen) atoms. The van der Waals surface area contributed by atoms with E-state index in [4.69, 9.17) is 9.47 Å². The molecule has 0 saturated heterocycles. The van der Waals surface area contributed by atoms with E-state index in [0.29, 0.717) is 16.7 Å². The maximum atomic E-state index is 12.8. The summed E-state index contributed by atoms with van der Waals surface area (Å²) in [4.78, 5) is 12.8. The minimum Gasteiger partial charge on any atom is -0.493 e. The van der Waals surface area contributed by atoms with Gasteiger partial charge in [0.15, 0.2) is 22.3 Å². The first-order valence-corrected chi connectivity index (χ1v) is 11.4. The predicted octanol–water partition coefficient (Wildman–Crippen LogP) is 5.09. The van der Waals surface area contributed by atoms with Crippen LogP contribution in [0.2, 0.25) is 0 Å². The largest absolute Gasteiger partial charge is 0.493 e. The molecule has 0 radical (unpaired) electrons. The summed E-state index contributed by atoms with van der Waals surface area (Å²) in [5.74, 6) is 1.37. The zero-order valence-electron chi connectivity index (χ0n) is 18.5. The summed E-state index contributed by atoms with van der Waals surface area (Å²) in [5, 5.41) is 15.4. The van der Waals surface area contributed by atoms with Gasteiger partial charge in [-0.3, -0.25) is 9.20 Å². The lowest BCUT2D eigenvalue weighted by Gasteiger charge is -2.12. The molecule has 0 aliphatic rings. The van der Waals surface area contributed by atoms with Gasteiger partial charge in [-0.05, 0) is 36.1 Å². The molecule has 5 aromatic rings. The van der Waals surface area contributed by atoms with Crippen molar-refractivity contribution in [1.82, 2.24) is 14.6 Å². The Labute approximate surface area is 194 Å². The highest BCUT2D eigenvalue weighted by molar-refractivity contribution is 7.99. The molecule has 0 unspecified atom stereocenters. The second kappa shape index (κ2) is 8.63. The number of aryl methyl sites for hydroxylation is 1. The maximum Gasteiger partial charge on any atom is 0.234 e. The molecular formula is C25H22N4O3S. The van der Waals surface area contributed by atoms with Crippen LogP contribution in [0.4, 0.5) is 5.69 Å². The first-order valence-electron chi connectivity index (χ1n) is 10.4. The van der Waals surface area contributed by atoms with Crippen LogP contribution in [0.1, 0.15) is 5.56 Å². The molecule has 0 saturated carbocycles. The number of nitrogens with zero attached hydrogens (tertiary/aromatic N) is 3. The summed E-state index contributed by atoms with van der Waals surface area (Å²) in [6.45, 7) is 1.99. The Hall–Kier alpha value is -3.78. The standard InChI is InChI=1S/C25H22N4O3S/c1-15-11-17-12-21(31-2)22(32-3)13-20(17)29-24(15)27-28-25(29)33-14-23(30)26-19-10-6-8-16-7-4-5-9-18(16)19/h4-13H,14H2,1-3H3,(H,26,30). The van der Waals surface area contributed by atoms with Gasteiger partial charge < -0.3 is 14.8 Å². The summed E-state index contributed by atoms with van der Waals surface area (Å²) in [6, 6.07) is 19.7. The molecule has 2 aromatic heterocycles. The van der Waals surface area contributed by atoms with Crippen LogP contribution in [0.3, 0.4) is 0 Å². The fraction of sp³-hybridized carbons (Fsp3) is 0.160. The summed E-state index contributed by atoms with van der Waals surface area (Å²) >= 11 is 1.34. The van der Waals surface area contributed by atoms with Gasteiger partial charge in [0.25, 0.3) is 0 Å². The number of anilines is 1. The minimum absolute atomic E-state index is 0.107. The van der Waals surface area contributed by atoms with Crippen molar-refractivity contribution in [2.75, 3.05) is 25.3 Å². The van der Waals surface area contributed by atoms with Crippen LogP contribution in [0, 0.1) is 6.92 Å². The smallest absolute Gasteiger partial charge is 0.234 e. The van der Waals surface area contributed by atoms with E-state index in [1.165, 1.54) is 11.8 Å². The van der Waals surface area contributed by atoms with E-state index in [1.807, 2.05) is 72.0 Å². The predicted molar refractivity (Wildman–Crippen MR) is 132 cm³/mol. The van der Waals surface area contributed by atoms with E-state index in [1.54, 1.807) is 14.2 Å². The first-order chi connectivity index (χ1) is 16.1. The summed E-state index contributed by atoms with van der Waals surface area (Å²) < 4.78 is 12.9. The third kappa shape index (κ3) is 3.82. The quantitative estimate of drug-likeness (QED) is 0.357. The van der Waals surface area contributed by atoms with E-state index in [9.17, 15) is 4.79 Å². The number of aromatic nitrogens is 3. The molecule has 5 rings (SSSR count). The van der Waals surface area contributed by atoms with Gasteiger partial charge in [-0.2, -0.15) is 0 Å². The molecule has 0 aliphatic heterocycles. The SMILES string of the molecule is COc1cc2cc(C)c3nnc(SCC(=O)Nc4cccc5ccccc45)n3c2cc1OC. The number of amides is 1. The summed E-state index contributed by atoms with van der Waals surface area (Å²) in [6.07, 6.45) is 0. The van der Waals surface area contributed by atoms with Gasteiger partial charge in [0.05, 0.1) is 25.5 Å². The molecule has 0 aliphatic carbocycles. The van der Waals surface area contributed by atoms with Crippen LogP contribution < -0.4 is 14.8 Å². The lowest BCUT2D eigenvalue weighted by atomic mass is 10.1. The summed E-state index contributed by atoms with van der Waals surface area (Å²) in [5.41, 5.74) is 3.40. The number of benzene rings is 3. The van der Waals surface area contributed by atoms with Crippen LogP contribution in [-0.2, 0) is 4.79 Å². The number of methoxy groups -OCH3 is 2. The van der Waals surface area contributed by atoms with Gasteiger partial charge in [-0.25, -0.2) is 0 Å². The monoisotopic (exact) mass is 458 g/mol. The number of fused-ring (bicyclic) bond motifs is 4. The second-order valence-electron chi connectivity index (χ2n) is 7.60. The number of rotatable bonds is 6. The number of thioether (sulfide) groups is 1. The van der Waals surface area contributed by atoms with Gasteiger partial charge in [-0.15, -0.1) is 10.2 Å². The van der Waals surface area contributed by atoms with E-state index >= 15 is 0 Å². The van der Waals surface area contributed by atoms with Crippen molar-refractivity contribution in [3.8, 4) is 11.5 Å². The Morgan fingerprint density at radius 2 is 1.73 bits per heavy atom. The number of carbonyl (C=O) groups excluding carboxylic acids is 1. The Balaban J connectivity index is 1.46. The molecule has 7 nitrogen and oxygen atoms in total. The highest BCUT2D eigenvalue weighted by Gasteiger charge is 2.16. The molecule has 0 spiro atoms. The number of ether oxygens (including phenoxy) is 2. The minimum atomic E-state index is -0.107. The van der Waals surface area contributed by atoms with Crippen LogP contribution in [-0.4, -0.2) is 40.5 Å². The van der Waals surface area contributed by atoms with E-state index < -0.39 is 0 Å². The topological polar surface area (TPSA) is 77.8 Å². The van der Waals surface area contributed by atoms with Crippen LogP contribution >= 0.6 is 11.8 Å². The van der Waals surface area contributed by atoms with E-state index in [2.05, 4.69) is 15.5 Å². The molecule has 8 heteroatoms. The normalized spacial score (nSPS) is 11.2. The Bertz CT molecular complexity index is 1510. The lowest BCUT2D eigenvalue weighted by Crippen LogP contribution is -2.14.